The van der Waals surface area contributed by atoms with E-state index in [4.69, 9.17) is 10.00 Å². The van der Waals surface area contributed by atoms with Crippen LogP contribution in [0.4, 0.5) is 5.13 Å². The molecule has 0 aliphatic heterocycles. The molecule has 0 radical (unpaired) electrons. The lowest BCUT2D eigenvalue weighted by atomic mass is 10.2. The van der Waals surface area contributed by atoms with Gasteiger partial charge in [-0.3, -0.25) is 9.69 Å². The molecular weight excluding hydrogens is 302 g/mol. The van der Waals surface area contributed by atoms with Crippen molar-refractivity contribution in [3.05, 3.63) is 16.6 Å². The summed E-state index contributed by atoms with van der Waals surface area (Å²) in [5, 5.41) is 11.3. The van der Waals surface area contributed by atoms with Crippen LogP contribution >= 0.6 is 11.3 Å². The SMILES string of the molecule is CCCCOC(=O)/C(C#N)=C/c1csc(N(CC)C(C)=O)n1. The summed E-state index contributed by atoms with van der Waals surface area (Å²) in [4.78, 5) is 29.0. The molecule has 0 saturated carbocycles. The Bertz CT molecular complexity index is 601. The van der Waals surface area contributed by atoms with E-state index in [9.17, 15) is 9.59 Å². The van der Waals surface area contributed by atoms with Crippen LogP contribution in [0.5, 0.6) is 0 Å². The van der Waals surface area contributed by atoms with Crippen molar-refractivity contribution in [1.82, 2.24) is 4.98 Å². The first-order chi connectivity index (χ1) is 10.5. The van der Waals surface area contributed by atoms with Crippen molar-refractivity contribution in [2.75, 3.05) is 18.1 Å². The fourth-order valence-electron chi connectivity index (χ4n) is 1.63. The van der Waals surface area contributed by atoms with E-state index in [0.29, 0.717) is 24.0 Å². The number of ether oxygens (including phenoxy) is 1. The maximum absolute atomic E-state index is 11.8. The molecule has 0 bridgehead atoms. The van der Waals surface area contributed by atoms with Crippen LogP contribution in [0.3, 0.4) is 0 Å². The van der Waals surface area contributed by atoms with Crippen LogP contribution in [0, 0.1) is 11.3 Å². The van der Waals surface area contributed by atoms with Crippen LogP contribution in [0.25, 0.3) is 6.08 Å². The van der Waals surface area contributed by atoms with Gasteiger partial charge in [-0.2, -0.15) is 5.26 Å². The molecule has 0 N–H and O–H groups in total. The molecular formula is C15H19N3O3S. The number of amides is 1. The fraction of sp³-hybridized carbons (Fsp3) is 0.467. The zero-order valence-electron chi connectivity index (χ0n) is 13.0. The van der Waals surface area contributed by atoms with Gasteiger partial charge in [0.1, 0.15) is 11.6 Å². The van der Waals surface area contributed by atoms with Crippen molar-refractivity contribution in [3.63, 3.8) is 0 Å². The normalized spacial score (nSPS) is 10.9. The minimum absolute atomic E-state index is 0.0983. The molecule has 7 heteroatoms. The molecule has 1 amide bonds. The van der Waals surface area contributed by atoms with Gasteiger partial charge in [0.2, 0.25) is 5.91 Å². The van der Waals surface area contributed by atoms with Crippen LogP contribution in [-0.4, -0.2) is 30.0 Å². The number of carbonyl (C=O) groups excluding carboxylic acids is 2. The summed E-state index contributed by atoms with van der Waals surface area (Å²) in [6.45, 7) is 6.11. The monoisotopic (exact) mass is 321 g/mol. The van der Waals surface area contributed by atoms with Crippen molar-refractivity contribution < 1.29 is 14.3 Å². The number of esters is 1. The van der Waals surface area contributed by atoms with Crippen LogP contribution in [0.1, 0.15) is 39.3 Å². The van der Waals surface area contributed by atoms with Gasteiger partial charge in [-0.15, -0.1) is 11.3 Å². The molecule has 1 aromatic rings. The Morgan fingerprint density at radius 1 is 1.50 bits per heavy atom. The molecule has 0 fully saturated rings. The van der Waals surface area contributed by atoms with Crippen LogP contribution in [-0.2, 0) is 14.3 Å². The number of nitriles is 1. The lowest BCUT2D eigenvalue weighted by Crippen LogP contribution is -2.27. The van der Waals surface area contributed by atoms with Gasteiger partial charge in [0, 0.05) is 18.8 Å². The number of rotatable bonds is 7. The number of nitrogens with zero attached hydrogens (tertiary/aromatic N) is 3. The smallest absolute Gasteiger partial charge is 0.348 e. The number of unbranched alkanes of at least 4 members (excludes halogenated alkanes) is 1. The second-order valence-electron chi connectivity index (χ2n) is 4.48. The highest BCUT2D eigenvalue weighted by Crippen LogP contribution is 2.22. The van der Waals surface area contributed by atoms with E-state index in [1.807, 2.05) is 19.9 Å². The van der Waals surface area contributed by atoms with E-state index in [0.717, 1.165) is 12.8 Å². The number of hydrogen-bond acceptors (Lipinski definition) is 6. The van der Waals surface area contributed by atoms with Gasteiger partial charge < -0.3 is 4.74 Å². The Morgan fingerprint density at radius 3 is 2.77 bits per heavy atom. The molecule has 0 aromatic carbocycles. The van der Waals surface area contributed by atoms with E-state index in [2.05, 4.69) is 4.98 Å². The quantitative estimate of drug-likeness (QED) is 0.334. The van der Waals surface area contributed by atoms with Gasteiger partial charge in [0.15, 0.2) is 5.13 Å². The molecule has 0 aliphatic rings. The summed E-state index contributed by atoms with van der Waals surface area (Å²) in [6, 6.07) is 1.82. The largest absolute Gasteiger partial charge is 0.462 e. The average Bonchev–Trinajstić information content (AvgIpc) is 2.93. The summed E-state index contributed by atoms with van der Waals surface area (Å²) in [6.07, 6.45) is 3.05. The topological polar surface area (TPSA) is 83.3 Å². The molecule has 0 saturated heterocycles. The summed E-state index contributed by atoms with van der Waals surface area (Å²) < 4.78 is 5.00. The third kappa shape index (κ3) is 4.97. The number of hydrogen-bond donors (Lipinski definition) is 0. The predicted molar refractivity (Wildman–Crippen MR) is 85.3 cm³/mol. The molecule has 0 unspecified atom stereocenters. The molecule has 1 aromatic heterocycles. The molecule has 1 heterocycles. The van der Waals surface area contributed by atoms with Crippen molar-refractivity contribution in [2.24, 2.45) is 0 Å². The minimum atomic E-state index is -0.649. The fourth-order valence-corrected chi connectivity index (χ4v) is 2.52. The number of aromatic nitrogens is 1. The van der Waals surface area contributed by atoms with Gasteiger partial charge in [-0.05, 0) is 19.4 Å². The third-order valence-electron chi connectivity index (χ3n) is 2.80. The van der Waals surface area contributed by atoms with Gasteiger partial charge in [-0.1, -0.05) is 13.3 Å². The van der Waals surface area contributed by atoms with Gasteiger partial charge in [0.05, 0.1) is 12.3 Å². The van der Waals surface area contributed by atoms with E-state index in [1.165, 1.54) is 29.2 Å². The van der Waals surface area contributed by atoms with E-state index >= 15 is 0 Å². The summed E-state index contributed by atoms with van der Waals surface area (Å²) >= 11 is 1.28. The lowest BCUT2D eigenvalue weighted by Gasteiger charge is -2.14. The van der Waals surface area contributed by atoms with Crippen LogP contribution in [0.15, 0.2) is 11.0 Å². The lowest BCUT2D eigenvalue weighted by molar-refractivity contribution is -0.138. The third-order valence-corrected chi connectivity index (χ3v) is 3.68. The zero-order valence-corrected chi connectivity index (χ0v) is 13.8. The number of carbonyl (C=O) groups is 2. The maximum atomic E-state index is 11.8. The summed E-state index contributed by atoms with van der Waals surface area (Å²) in [7, 11) is 0. The van der Waals surface area contributed by atoms with Crippen molar-refractivity contribution >= 4 is 34.4 Å². The van der Waals surface area contributed by atoms with Gasteiger partial charge >= 0.3 is 5.97 Å². The Kier molecular flexibility index (Phi) is 7.26. The Balaban J connectivity index is 2.86. The summed E-state index contributed by atoms with van der Waals surface area (Å²) in [5.41, 5.74) is 0.363. The molecule has 0 spiro atoms. The molecule has 1 rings (SSSR count). The van der Waals surface area contributed by atoms with Crippen molar-refractivity contribution in [2.45, 2.75) is 33.6 Å². The van der Waals surface area contributed by atoms with E-state index < -0.39 is 5.97 Å². The van der Waals surface area contributed by atoms with E-state index in [-0.39, 0.29) is 11.5 Å². The van der Waals surface area contributed by atoms with Crippen molar-refractivity contribution in [3.8, 4) is 6.07 Å². The Hall–Kier alpha value is -2.20. The Morgan fingerprint density at radius 2 is 2.23 bits per heavy atom. The molecule has 118 valence electrons. The van der Waals surface area contributed by atoms with E-state index in [1.54, 1.807) is 5.38 Å². The first-order valence-electron chi connectivity index (χ1n) is 7.06. The first-order valence-corrected chi connectivity index (χ1v) is 7.94. The summed E-state index contributed by atoms with van der Waals surface area (Å²) in [5.74, 6) is -0.753. The second kappa shape index (κ2) is 8.95. The Labute approximate surface area is 134 Å². The average molecular weight is 321 g/mol. The van der Waals surface area contributed by atoms with Crippen molar-refractivity contribution in [1.29, 1.82) is 5.26 Å². The van der Waals surface area contributed by atoms with Crippen LogP contribution in [0.2, 0.25) is 0 Å². The first kappa shape index (κ1) is 17.9. The highest BCUT2D eigenvalue weighted by molar-refractivity contribution is 7.14. The van der Waals surface area contributed by atoms with Crippen LogP contribution < -0.4 is 4.90 Å². The molecule has 0 atom stereocenters. The number of anilines is 1. The zero-order chi connectivity index (χ0) is 16.5. The molecule has 22 heavy (non-hydrogen) atoms. The highest BCUT2D eigenvalue weighted by Gasteiger charge is 2.15. The molecule has 6 nitrogen and oxygen atoms in total. The standard InChI is InChI=1S/C15H19N3O3S/c1-4-6-7-21-14(20)12(9-16)8-13-10-22-15(17-13)18(5-2)11(3)19/h8,10H,4-7H2,1-3H3/b12-8+. The van der Waals surface area contributed by atoms with Gasteiger partial charge in [0.25, 0.3) is 0 Å². The van der Waals surface area contributed by atoms with Gasteiger partial charge in [-0.25, -0.2) is 9.78 Å². The molecule has 0 aliphatic carbocycles. The predicted octanol–water partition coefficient (Wildman–Crippen LogP) is 2.77. The maximum Gasteiger partial charge on any atom is 0.348 e. The number of thiazole rings is 1. The second-order valence-corrected chi connectivity index (χ2v) is 5.31. The highest BCUT2D eigenvalue weighted by atomic mass is 32.1. The minimum Gasteiger partial charge on any atom is -0.462 e.